The van der Waals surface area contributed by atoms with Crippen LogP contribution in [0.15, 0.2) is 10.9 Å². The predicted molar refractivity (Wildman–Crippen MR) is 64.7 cm³/mol. The summed E-state index contributed by atoms with van der Waals surface area (Å²) in [5.74, 6) is 0.130. The third-order valence-corrected chi connectivity index (χ3v) is 4.84. The monoisotopic (exact) mass is 252 g/mol. The van der Waals surface area contributed by atoms with Gasteiger partial charge in [-0.1, -0.05) is 0 Å². The third-order valence-electron chi connectivity index (χ3n) is 4.20. The lowest BCUT2D eigenvalue weighted by Crippen LogP contribution is -2.43. The van der Waals surface area contributed by atoms with E-state index in [1.165, 1.54) is 6.42 Å². The van der Waals surface area contributed by atoms with Gasteiger partial charge in [0.15, 0.2) is 0 Å². The van der Waals surface area contributed by atoms with E-state index >= 15 is 0 Å². The van der Waals surface area contributed by atoms with Crippen LogP contribution in [-0.4, -0.2) is 22.1 Å². The number of hydrogen-bond acceptors (Lipinski definition) is 4. The summed E-state index contributed by atoms with van der Waals surface area (Å²) in [5.41, 5.74) is 2.83. The Labute approximate surface area is 104 Å². The third kappa shape index (κ3) is 1.98. The van der Waals surface area contributed by atoms with Crippen molar-refractivity contribution >= 4 is 17.3 Å². The summed E-state index contributed by atoms with van der Waals surface area (Å²) in [5, 5.41) is 14.7. The van der Waals surface area contributed by atoms with E-state index in [0.717, 1.165) is 18.5 Å². The molecule has 2 saturated carbocycles. The second-order valence-electron chi connectivity index (χ2n) is 5.08. The fourth-order valence-corrected chi connectivity index (χ4v) is 4.05. The van der Waals surface area contributed by atoms with Crippen LogP contribution >= 0.6 is 11.3 Å². The summed E-state index contributed by atoms with van der Waals surface area (Å²) in [7, 11) is 0. The van der Waals surface area contributed by atoms with E-state index in [-0.39, 0.29) is 12.0 Å². The van der Waals surface area contributed by atoms with Gasteiger partial charge in [0.2, 0.25) is 0 Å². The average Bonchev–Trinajstić information content (AvgIpc) is 3.01. The Morgan fingerprint density at radius 3 is 3.06 bits per heavy atom. The lowest BCUT2D eigenvalue weighted by Gasteiger charge is -2.28. The number of rotatable bonds is 4. The van der Waals surface area contributed by atoms with Gasteiger partial charge < -0.3 is 10.4 Å². The summed E-state index contributed by atoms with van der Waals surface area (Å²) in [6, 6.07) is 0.146. The number of carboxylic acids is 1. The molecule has 2 aliphatic carbocycles. The van der Waals surface area contributed by atoms with E-state index < -0.39 is 5.97 Å². The van der Waals surface area contributed by atoms with Crippen molar-refractivity contribution in [2.24, 2.45) is 17.8 Å². The lowest BCUT2D eigenvalue weighted by molar-refractivity contribution is -0.144. The summed E-state index contributed by atoms with van der Waals surface area (Å²) in [4.78, 5) is 15.5. The minimum Gasteiger partial charge on any atom is -0.481 e. The molecule has 0 aliphatic heterocycles. The van der Waals surface area contributed by atoms with Crippen molar-refractivity contribution in [1.29, 1.82) is 0 Å². The molecule has 0 spiro atoms. The molecule has 4 atom stereocenters. The predicted octanol–water partition coefficient (Wildman–Crippen LogP) is 1.73. The molecule has 1 aromatic heterocycles. The van der Waals surface area contributed by atoms with Crippen LogP contribution in [0.5, 0.6) is 0 Å². The average molecular weight is 252 g/mol. The molecule has 2 fully saturated rings. The molecule has 0 aromatic carbocycles. The Bertz CT molecular complexity index is 407. The number of carboxylic acid groups (broad SMARTS) is 1. The number of fused-ring (bicyclic) bond motifs is 2. The summed E-state index contributed by atoms with van der Waals surface area (Å²) >= 11 is 1.58. The Hall–Kier alpha value is -0.940. The maximum atomic E-state index is 11.3. The van der Waals surface area contributed by atoms with Crippen LogP contribution < -0.4 is 5.32 Å². The molecular formula is C12H16N2O2S. The molecule has 0 amide bonds. The standard InChI is InChI=1S/C12H16N2O2S/c15-12(16)10-7-1-2-8(3-7)11(10)13-4-9-5-17-6-14-9/h5-8,10-11,13H,1-4H2,(H,15,16). The van der Waals surface area contributed by atoms with E-state index in [9.17, 15) is 9.90 Å². The van der Waals surface area contributed by atoms with Crippen LogP contribution in [0.4, 0.5) is 0 Å². The second kappa shape index (κ2) is 4.38. The van der Waals surface area contributed by atoms with Gasteiger partial charge in [-0.15, -0.1) is 11.3 Å². The zero-order chi connectivity index (χ0) is 11.8. The van der Waals surface area contributed by atoms with E-state index in [1.807, 2.05) is 10.9 Å². The number of nitrogens with one attached hydrogen (secondary N) is 1. The van der Waals surface area contributed by atoms with Crippen LogP contribution in [0.25, 0.3) is 0 Å². The largest absolute Gasteiger partial charge is 0.481 e. The van der Waals surface area contributed by atoms with Gasteiger partial charge in [-0.25, -0.2) is 4.98 Å². The fourth-order valence-electron chi connectivity index (χ4n) is 3.49. The minimum atomic E-state index is -0.632. The second-order valence-corrected chi connectivity index (χ2v) is 5.80. The maximum absolute atomic E-state index is 11.3. The minimum absolute atomic E-state index is 0.146. The van der Waals surface area contributed by atoms with Gasteiger partial charge in [0.05, 0.1) is 17.1 Å². The molecule has 0 saturated heterocycles. The van der Waals surface area contributed by atoms with Gasteiger partial charge in [0.1, 0.15) is 0 Å². The quantitative estimate of drug-likeness (QED) is 0.856. The summed E-state index contributed by atoms with van der Waals surface area (Å²) in [6.07, 6.45) is 3.37. The van der Waals surface area contributed by atoms with Gasteiger partial charge in [-0.05, 0) is 31.1 Å². The zero-order valence-electron chi connectivity index (χ0n) is 9.50. The van der Waals surface area contributed by atoms with Gasteiger partial charge in [-0.3, -0.25) is 4.79 Å². The highest BCUT2D eigenvalue weighted by molar-refractivity contribution is 7.07. The molecule has 4 unspecified atom stereocenters. The number of nitrogens with zero attached hydrogens (tertiary/aromatic N) is 1. The first-order valence-corrected chi connectivity index (χ1v) is 7.03. The van der Waals surface area contributed by atoms with Crippen molar-refractivity contribution in [3.63, 3.8) is 0 Å². The van der Waals surface area contributed by atoms with Crippen molar-refractivity contribution in [3.8, 4) is 0 Å². The van der Waals surface area contributed by atoms with Crippen LogP contribution in [0.2, 0.25) is 0 Å². The molecule has 0 radical (unpaired) electrons. The summed E-state index contributed by atoms with van der Waals surface area (Å²) in [6.45, 7) is 0.696. The fraction of sp³-hybridized carbons (Fsp3) is 0.667. The number of thiazole rings is 1. The first-order chi connectivity index (χ1) is 8.25. The molecule has 2 bridgehead atoms. The molecule has 92 valence electrons. The van der Waals surface area contributed by atoms with Gasteiger partial charge in [-0.2, -0.15) is 0 Å². The number of hydrogen-bond donors (Lipinski definition) is 2. The smallest absolute Gasteiger partial charge is 0.308 e. The van der Waals surface area contributed by atoms with Gasteiger partial charge in [0, 0.05) is 18.0 Å². The van der Waals surface area contributed by atoms with E-state index in [2.05, 4.69) is 10.3 Å². The zero-order valence-corrected chi connectivity index (χ0v) is 10.3. The Balaban J connectivity index is 1.67. The Morgan fingerprint density at radius 2 is 2.35 bits per heavy atom. The number of carbonyl (C=O) groups is 1. The normalized spacial score (nSPS) is 35.3. The van der Waals surface area contributed by atoms with Gasteiger partial charge in [0.25, 0.3) is 0 Å². The van der Waals surface area contributed by atoms with Crippen LogP contribution in [0, 0.1) is 17.8 Å². The maximum Gasteiger partial charge on any atom is 0.308 e. The van der Waals surface area contributed by atoms with Crippen LogP contribution in [0.3, 0.4) is 0 Å². The van der Waals surface area contributed by atoms with Crippen LogP contribution in [-0.2, 0) is 11.3 Å². The van der Waals surface area contributed by atoms with Crippen LogP contribution in [0.1, 0.15) is 25.0 Å². The molecule has 2 N–H and O–H groups in total. The molecule has 17 heavy (non-hydrogen) atoms. The SMILES string of the molecule is O=C(O)C1C2CCC(C2)C1NCc1cscn1. The molecule has 1 aromatic rings. The highest BCUT2D eigenvalue weighted by Gasteiger charge is 2.50. The first-order valence-electron chi connectivity index (χ1n) is 6.09. The summed E-state index contributed by atoms with van der Waals surface area (Å²) < 4.78 is 0. The molecule has 2 aliphatic rings. The highest BCUT2D eigenvalue weighted by Crippen LogP contribution is 2.48. The topological polar surface area (TPSA) is 62.2 Å². The van der Waals surface area contributed by atoms with E-state index in [4.69, 9.17) is 0 Å². The molecule has 4 nitrogen and oxygen atoms in total. The van der Waals surface area contributed by atoms with Gasteiger partial charge >= 0.3 is 5.97 Å². The Morgan fingerprint density at radius 1 is 1.53 bits per heavy atom. The first kappa shape index (κ1) is 11.2. The highest BCUT2D eigenvalue weighted by atomic mass is 32.1. The lowest BCUT2D eigenvalue weighted by atomic mass is 9.84. The Kier molecular flexibility index (Phi) is 2.88. The molecule has 5 heteroatoms. The molecular weight excluding hydrogens is 236 g/mol. The van der Waals surface area contributed by atoms with Crippen molar-refractivity contribution in [1.82, 2.24) is 10.3 Å². The number of aromatic nitrogens is 1. The van der Waals surface area contributed by atoms with E-state index in [1.54, 1.807) is 11.3 Å². The number of aliphatic carboxylic acids is 1. The van der Waals surface area contributed by atoms with E-state index in [0.29, 0.717) is 18.4 Å². The van der Waals surface area contributed by atoms with Crippen molar-refractivity contribution in [2.75, 3.05) is 0 Å². The van der Waals surface area contributed by atoms with Crippen molar-refractivity contribution < 1.29 is 9.90 Å². The molecule has 3 rings (SSSR count). The molecule has 1 heterocycles. The van der Waals surface area contributed by atoms with Crippen molar-refractivity contribution in [2.45, 2.75) is 31.8 Å². The van der Waals surface area contributed by atoms with Crippen molar-refractivity contribution in [3.05, 3.63) is 16.6 Å².